The van der Waals surface area contributed by atoms with Gasteiger partial charge in [-0.2, -0.15) is 4.31 Å². The summed E-state index contributed by atoms with van der Waals surface area (Å²) >= 11 is 0. The first kappa shape index (κ1) is 23.4. The Kier molecular flexibility index (Phi) is 6.29. The average Bonchev–Trinajstić information content (AvgIpc) is 2.75. The molecule has 174 valence electrons. The predicted octanol–water partition coefficient (Wildman–Crippen LogP) is 4.51. The van der Waals surface area contributed by atoms with Gasteiger partial charge in [-0.3, -0.25) is 0 Å². The zero-order chi connectivity index (χ0) is 23.9. The first-order valence-electron chi connectivity index (χ1n) is 11.3. The van der Waals surface area contributed by atoms with Crippen LogP contribution in [0.25, 0.3) is 11.3 Å². The Morgan fingerprint density at radius 2 is 1.30 bits per heavy atom. The van der Waals surface area contributed by atoms with Gasteiger partial charge < -0.3 is 4.90 Å². The molecule has 4 rings (SSSR count). The molecule has 0 unspecified atom stereocenters. The van der Waals surface area contributed by atoms with Gasteiger partial charge in [0.15, 0.2) is 5.82 Å². The molecule has 2 aromatic carbocycles. The van der Waals surface area contributed by atoms with Crippen molar-refractivity contribution in [3.8, 4) is 11.3 Å². The van der Waals surface area contributed by atoms with Crippen molar-refractivity contribution in [1.82, 2.24) is 14.5 Å². The van der Waals surface area contributed by atoms with Gasteiger partial charge in [0.25, 0.3) is 0 Å². The molecule has 1 aliphatic heterocycles. The van der Waals surface area contributed by atoms with Crippen LogP contribution in [0.2, 0.25) is 0 Å². The van der Waals surface area contributed by atoms with Crippen LogP contribution in [0.4, 0.5) is 5.82 Å². The minimum atomic E-state index is -3.53. The summed E-state index contributed by atoms with van der Waals surface area (Å²) in [4.78, 5) is 2.54. The lowest BCUT2D eigenvalue weighted by Crippen LogP contribution is -2.49. The van der Waals surface area contributed by atoms with Crippen molar-refractivity contribution in [3.05, 3.63) is 69.8 Å². The summed E-state index contributed by atoms with van der Waals surface area (Å²) in [6.07, 6.45) is 0. The van der Waals surface area contributed by atoms with Crippen molar-refractivity contribution in [2.75, 3.05) is 31.1 Å². The van der Waals surface area contributed by atoms with E-state index in [0.717, 1.165) is 33.8 Å². The van der Waals surface area contributed by atoms with Crippen LogP contribution in [0.1, 0.15) is 33.4 Å². The Morgan fingerprint density at radius 3 is 1.88 bits per heavy atom. The molecule has 0 amide bonds. The highest BCUT2D eigenvalue weighted by Crippen LogP contribution is 2.28. The van der Waals surface area contributed by atoms with E-state index in [-0.39, 0.29) is 0 Å². The molecule has 1 fully saturated rings. The summed E-state index contributed by atoms with van der Waals surface area (Å²) in [6, 6.07) is 12.2. The largest absolute Gasteiger partial charge is 0.352 e. The topological polar surface area (TPSA) is 66.4 Å². The van der Waals surface area contributed by atoms with Crippen molar-refractivity contribution < 1.29 is 8.42 Å². The predicted molar refractivity (Wildman–Crippen MR) is 133 cm³/mol. The number of anilines is 1. The lowest BCUT2D eigenvalue weighted by atomic mass is 9.99. The number of aromatic nitrogens is 2. The van der Waals surface area contributed by atoms with Gasteiger partial charge in [0, 0.05) is 31.7 Å². The van der Waals surface area contributed by atoms with Crippen LogP contribution >= 0.6 is 0 Å². The van der Waals surface area contributed by atoms with Crippen LogP contribution in [0, 0.1) is 41.5 Å². The number of hydrogen-bond acceptors (Lipinski definition) is 5. The number of nitrogens with zero attached hydrogens (tertiary/aromatic N) is 4. The molecule has 1 aliphatic rings. The zero-order valence-corrected chi connectivity index (χ0v) is 21.1. The van der Waals surface area contributed by atoms with Crippen LogP contribution < -0.4 is 4.90 Å². The third-order valence-corrected chi connectivity index (χ3v) is 8.74. The molecule has 1 aromatic heterocycles. The average molecular weight is 465 g/mol. The van der Waals surface area contributed by atoms with Gasteiger partial charge in [-0.05, 0) is 87.6 Å². The molecule has 0 bridgehead atoms. The third-order valence-electron chi connectivity index (χ3n) is 6.53. The monoisotopic (exact) mass is 464 g/mol. The first-order chi connectivity index (χ1) is 15.6. The lowest BCUT2D eigenvalue weighted by molar-refractivity contribution is 0.383. The molecule has 7 heteroatoms. The second-order valence-corrected chi connectivity index (χ2v) is 11.0. The summed E-state index contributed by atoms with van der Waals surface area (Å²) in [7, 11) is -3.53. The Labute approximate surface area is 197 Å². The maximum Gasteiger partial charge on any atom is 0.243 e. The molecule has 0 saturated carbocycles. The highest BCUT2D eigenvalue weighted by molar-refractivity contribution is 7.89. The molecular weight excluding hydrogens is 432 g/mol. The van der Waals surface area contributed by atoms with E-state index in [2.05, 4.69) is 48.0 Å². The van der Waals surface area contributed by atoms with E-state index in [4.69, 9.17) is 0 Å². The highest BCUT2D eigenvalue weighted by Gasteiger charge is 2.31. The standard InChI is InChI=1S/C26H32N4O2S/c1-17-13-21(5)26(22(6)14-17)33(31,32)30-11-9-29(10-12-30)25-8-7-24(27-28-25)23-16-19(3)18(2)15-20(23)4/h7-8,13-16H,9-12H2,1-6H3. The SMILES string of the molecule is Cc1cc(C)c(S(=O)(=O)N2CCN(c3ccc(-c4cc(C)c(C)cc4C)nn3)CC2)c(C)c1. The van der Waals surface area contributed by atoms with Gasteiger partial charge in [0.2, 0.25) is 10.0 Å². The molecule has 6 nitrogen and oxygen atoms in total. The first-order valence-corrected chi connectivity index (χ1v) is 12.8. The van der Waals surface area contributed by atoms with Crippen molar-refractivity contribution in [2.24, 2.45) is 0 Å². The number of rotatable bonds is 4. The molecule has 0 spiro atoms. The summed E-state index contributed by atoms with van der Waals surface area (Å²) in [5.41, 5.74) is 8.31. The Balaban J connectivity index is 1.49. The van der Waals surface area contributed by atoms with E-state index in [9.17, 15) is 8.42 Å². The molecule has 33 heavy (non-hydrogen) atoms. The van der Waals surface area contributed by atoms with Gasteiger partial charge in [0.1, 0.15) is 0 Å². The van der Waals surface area contributed by atoms with E-state index in [1.165, 1.54) is 16.7 Å². The summed E-state index contributed by atoms with van der Waals surface area (Å²) in [5, 5.41) is 8.94. The van der Waals surface area contributed by atoms with E-state index in [1.807, 2.05) is 45.0 Å². The minimum Gasteiger partial charge on any atom is -0.352 e. The molecule has 3 aromatic rings. The van der Waals surface area contributed by atoms with Gasteiger partial charge in [-0.1, -0.05) is 23.8 Å². The quantitative estimate of drug-likeness (QED) is 0.569. The summed E-state index contributed by atoms with van der Waals surface area (Å²) in [6.45, 7) is 14.1. The maximum atomic E-state index is 13.3. The molecule has 0 radical (unpaired) electrons. The summed E-state index contributed by atoms with van der Waals surface area (Å²) in [5.74, 6) is 0.778. The van der Waals surface area contributed by atoms with Gasteiger partial charge in [0.05, 0.1) is 10.6 Å². The summed E-state index contributed by atoms with van der Waals surface area (Å²) < 4.78 is 28.3. The molecule has 0 atom stereocenters. The fourth-order valence-electron chi connectivity index (χ4n) is 4.73. The minimum absolute atomic E-state index is 0.425. The van der Waals surface area contributed by atoms with Crippen LogP contribution in [0.5, 0.6) is 0 Å². The van der Waals surface area contributed by atoms with Crippen molar-refractivity contribution in [3.63, 3.8) is 0 Å². The van der Waals surface area contributed by atoms with Gasteiger partial charge in [-0.15, -0.1) is 10.2 Å². The smallest absolute Gasteiger partial charge is 0.243 e. The van der Waals surface area contributed by atoms with Gasteiger partial charge in [-0.25, -0.2) is 8.42 Å². The second kappa shape index (κ2) is 8.88. The molecule has 0 aliphatic carbocycles. The number of benzene rings is 2. The lowest BCUT2D eigenvalue weighted by Gasteiger charge is -2.35. The van der Waals surface area contributed by atoms with E-state index in [0.29, 0.717) is 31.1 Å². The van der Waals surface area contributed by atoms with Crippen LogP contribution in [0.3, 0.4) is 0 Å². The molecular formula is C26H32N4O2S. The van der Waals surface area contributed by atoms with E-state index in [1.54, 1.807) is 4.31 Å². The number of piperazine rings is 1. The van der Waals surface area contributed by atoms with Crippen molar-refractivity contribution >= 4 is 15.8 Å². The maximum absolute atomic E-state index is 13.3. The third kappa shape index (κ3) is 4.52. The van der Waals surface area contributed by atoms with Crippen LogP contribution in [0.15, 0.2) is 41.3 Å². The fraction of sp³-hybridized carbons (Fsp3) is 0.385. The second-order valence-electron chi connectivity index (χ2n) is 9.15. The van der Waals surface area contributed by atoms with Crippen LogP contribution in [-0.2, 0) is 10.0 Å². The fourth-order valence-corrected chi connectivity index (χ4v) is 6.57. The Bertz CT molecular complexity index is 1270. The van der Waals surface area contributed by atoms with E-state index >= 15 is 0 Å². The Hall–Kier alpha value is -2.77. The number of sulfonamides is 1. The van der Waals surface area contributed by atoms with Crippen molar-refractivity contribution in [1.29, 1.82) is 0 Å². The van der Waals surface area contributed by atoms with Crippen molar-refractivity contribution in [2.45, 2.75) is 46.4 Å². The highest BCUT2D eigenvalue weighted by atomic mass is 32.2. The molecule has 0 N–H and O–H groups in total. The zero-order valence-electron chi connectivity index (χ0n) is 20.3. The molecule has 1 saturated heterocycles. The number of aryl methyl sites for hydroxylation is 6. The van der Waals surface area contributed by atoms with Gasteiger partial charge >= 0.3 is 0 Å². The van der Waals surface area contributed by atoms with Crippen LogP contribution in [-0.4, -0.2) is 49.1 Å². The van der Waals surface area contributed by atoms with E-state index < -0.39 is 10.0 Å². The normalized spacial score (nSPS) is 15.2. The number of hydrogen-bond donors (Lipinski definition) is 0. The molecule has 2 heterocycles. The Morgan fingerprint density at radius 1 is 0.697 bits per heavy atom.